The smallest absolute Gasteiger partial charge is 0.321 e. The molecule has 0 fully saturated rings. The van der Waals surface area contributed by atoms with Gasteiger partial charge in [-0.25, -0.2) is 0 Å². The van der Waals surface area contributed by atoms with E-state index < -0.39 is 12.0 Å². The van der Waals surface area contributed by atoms with Gasteiger partial charge in [-0.2, -0.15) is 0 Å². The molecule has 4 N–H and O–H groups in total. The first-order chi connectivity index (χ1) is 7.91. The molecule has 1 atom stereocenters. The molecular weight excluding hydrogens is 268 g/mol. The Morgan fingerprint density at radius 1 is 1.65 bits per heavy atom. The highest BCUT2D eigenvalue weighted by molar-refractivity contribution is 7.99. The Labute approximate surface area is 107 Å². The summed E-state index contributed by atoms with van der Waals surface area (Å²) in [6, 6.07) is 3.18. The number of carboxylic acids is 1. The Morgan fingerprint density at radius 3 is 2.76 bits per heavy atom. The number of hydrogen-bond donors (Lipinski definition) is 3. The molecular formula is C9H10ClN2O4S-. The summed E-state index contributed by atoms with van der Waals surface area (Å²) < 4.78 is 0. The standard InChI is InChI=1S/C9H10ClN2O4S/c10-6-3-5(12(15)16)1-2-8(6)17-4-7(11)9(13)14/h1-3,7,15H,4,11H2,(H,13,14)/q-1/t7-/m0/s1. The van der Waals surface area contributed by atoms with Crippen LogP contribution < -0.4 is 11.0 Å². The zero-order chi connectivity index (χ0) is 13.0. The fourth-order valence-corrected chi connectivity index (χ4v) is 2.18. The molecule has 1 aromatic carbocycles. The van der Waals surface area contributed by atoms with Crippen molar-refractivity contribution in [2.75, 3.05) is 11.0 Å². The minimum absolute atomic E-state index is 0.00174. The highest BCUT2D eigenvalue weighted by atomic mass is 35.5. The largest absolute Gasteiger partial charge is 0.733 e. The molecule has 17 heavy (non-hydrogen) atoms. The second-order valence-corrected chi connectivity index (χ2v) is 4.61. The van der Waals surface area contributed by atoms with Crippen molar-refractivity contribution < 1.29 is 15.1 Å². The van der Waals surface area contributed by atoms with E-state index in [-0.39, 0.29) is 21.7 Å². The maximum absolute atomic E-state index is 10.6. The van der Waals surface area contributed by atoms with Crippen LogP contribution in [0, 0.1) is 5.21 Å². The van der Waals surface area contributed by atoms with E-state index in [1.165, 1.54) is 18.2 Å². The van der Waals surface area contributed by atoms with Crippen LogP contribution in [0.1, 0.15) is 0 Å². The summed E-state index contributed by atoms with van der Waals surface area (Å²) in [5.41, 5.74) is 5.33. The molecule has 0 aliphatic carbocycles. The van der Waals surface area contributed by atoms with Crippen LogP contribution in [-0.2, 0) is 4.79 Å². The van der Waals surface area contributed by atoms with Crippen LogP contribution in [-0.4, -0.2) is 28.1 Å². The number of carbonyl (C=O) groups is 1. The minimum Gasteiger partial charge on any atom is -0.733 e. The lowest BCUT2D eigenvalue weighted by atomic mass is 10.3. The van der Waals surface area contributed by atoms with E-state index in [1.54, 1.807) is 0 Å². The van der Waals surface area contributed by atoms with E-state index in [1.807, 2.05) is 0 Å². The third-order valence-electron chi connectivity index (χ3n) is 1.87. The molecule has 0 aliphatic rings. The van der Waals surface area contributed by atoms with Crippen molar-refractivity contribution in [3.05, 3.63) is 28.4 Å². The third kappa shape index (κ3) is 4.06. The van der Waals surface area contributed by atoms with Crippen LogP contribution in [0.4, 0.5) is 5.69 Å². The summed E-state index contributed by atoms with van der Waals surface area (Å²) in [5.74, 6) is -0.930. The predicted octanol–water partition coefficient (Wildman–Crippen LogP) is 1.54. The monoisotopic (exact) mass is 277 g/mol. The van der Waals surface area contributed by atoms with Crippen molar-refractivity contribution in [2.45, 2.75) is 10.9 Å². The number of aliphatic carboxylic acids is 1. The van der Waals surface area contributed by atoms with E-state index in [4.69, 9.17) is 27.6 Å². The van der Waals surface area contributed by atoms with Crippen molar-refractivity contribution in [1.82, 2.24) is 0 Å². The molecule has 6 nitrogen and oxygen atoms in total. The molecule has 94 valence electrons. The summed E-state index contributed by atoms with van der Waals surface area (Å²) >= 11 is 7.01. The average molecular weight is 278 g/mol. The molecule has 0 heterocycles. The molecule has 1 aromatic rings. The van der Waals surface area contributed by atoms with Crippen molar-refractivity contribution in [1.29, 1.82) is 0 Å². The van der Waals surface area contributed by atoms with Gasteiger partial charge < -0.3 is 21.3 Å². The first kappa shape index (κ1) is 14.1. The van der Waals surface area contributed by atoms with Gasteiger partial charge in [0.1, 0.15) is 6.04 Å². The number of anilines is 1. The lowest BCUT2D eigenvalue weighted by Crippen LogP contribution is -2.32. The molecule has 0 spiro atoms. The molecule has 0 saturated heterocycles. The van der Waals surface area contributed by atoms with E-state index in [0.29, 0.717) is 4.90 Å². The van der Waals surface area contributed by atoms with Crippen molar-refractivity contribution in [2.24, 2.45) is 5.73 Å². The summed E-state index contributed by atoms with van der Waals surface area (Å²) in [7, 11) is 0. The second kappa shape index (κ2) is 6.08. The maximum atomic E-state index is 10.6. The van der Waals surface area contributed by atoms with Crippen LogP contribution in [0.25, 0.3) is 0 Å². The molecule has 0 aliphatic heterocycles. The first-order valence-corrected chi connectivity index (χ1v) is 5.85. The van der Waals surface area contributed by atoms with Gasteiger partial charge in [0.05, 0.1) is 10.7 Å². The molecule has 0 amide bonds. The van der Waals surface area contributed by atoms with Gasteiger partial charge in [0, 0.05) is 10.6 Å². The highest BCUT2D eigenvalue weighted by Crippen LogP contribution is 2.30. The van der Waals surface area contributed by atoms with E-state index >= 15 is 0 Å². The Hall–Kier alpha value is -0.990. The highest BCUT2D eigenvalue weighted by Gasteiger charge is 2.12. The number of thioether (sulfide) groups is 1. The Morgan fingerprint density at radius 2 is 2.29 bits per heavy atom. The van der Waals surface area contributed by atoms with Crippen LogP contribution in [0.5, 0.6) is 0 Å². The zero-order valence-electron chi connectivity index (χ0n) is 8.54. The Balaban J connectivity index is 2.70. The van der Waals surface area contributed by atoms with E-state index in [2.05, 4.69) is 0 Å². The number of nitrogens with zero attached hydrogens (tertiary/aromatic N) is 1. The normalized spacial score (nSPS) is 12.2. The topological polar surface area (TPSA) is 110 Å². The van der Waals surface area contributed by atoms with Crippen LogP contribution in [0.2, 0.25) is 5.02 Å². The zero-order valence-corrected chi connectivity index (χ0v) is 10.1. The Bertz CT molecular complexity index is 416. The number of nitrogens with two attached hydrogens (primary N) is 1. The fraction of sp³-hybridized carbons (Fsp3) is 0.222. The van der Waals surface area contributed by atoms with Gasteiger partial charge in [-0.15, -0.1) is 11.8 Å². The van der Waals surface area contributed by atoms with Crippen LogP contribution in [0.15, 0.2) is 23.1 Å². The molecule has 0 saturated carbocycles. The van der Waals surface area contributed by atoms with Gasteiger partial charge in [0.15, 0.2) is 0 Å². The van der Waals surface area contributed by atoms with Gasteiger partial charge in [0.25, 0.3) is 0 Å². The van der Waals surface area contributed by atoms with Gasteiger partial charge in [-0.3, -0.25) is 10.0 Å². The van der Waals surface area contributed by atoms with Crippen LogP contribution >= 0.6 is 23.4 Å². The lowest BCUT2D eigenvalue weighted by molar-refractivity contribution is -0.137. The SMILES string of the molecule is N[C@@H](CSc1ccc(N([O-])O)cc1Cl)C(=O)O. The molecule has 1 rings (SSSR count). The van der Waals surface area contributed by atoms with E-state index in [9.17, 15) is 10.0 Å². The second-order valence-electron chi connectivity index (χ2n) is 3.14. The number of benzene rings is 1. The van der Waals surface area contributed by atoms with E-state index in [0.717, 1.165) is 11.8 Å². The molecule has 0 aromatic heterocycles. The predicted molar refractivity (Wildman–Crippen MR) is 65.4 cm³/mol. The fourth-order valence-electron chi connectivity index (χ4n) is 0.977. The van der Waals surface area contributed by atoms with Crippen molar-refractivity contribution in [3.63, 3.8) is 0 Å². The first-order valence-electron chi connectivity index (χ1n) is 4.48. The summed E-state index contributed by atoms with van der Waals surface area (Å²) in [6.45, 7) is 0. The summed E-state index contributed by atoms with van der Waals surface area (Å²) in [6.07, 6.45) is 0. The summed E-state index contributed by atoms with van der Waals surface area (Å²) in [5, 5.41) is 27.8. The maximum Gasteiger partial charge on any atom is 0.321 e. The van der Waals surface area contributed by atoms with Crippen molar-refractivity contribution in [3.8, 4) is 0 Å². The van der Waals surface area contributed by atoms with Crippen LogP contribution in [0.3, 0.4) is 0 Å². The summed E-state index contributed by atoms with van der Waals surface area (Å²) in [4.78, 5) is 11.1. The molecule has 0 bridgehead atoms. The number of hydrogen-bond acceptors (Lipinski definition) is 6. The van der Waals surface area contributed by atoms with Gasteiger partial charge in [-0.05, 0) is 18.2 Å². The lowest BCUT2D eigenvalue weighted by Gasteiger charge is -2.22. The van der Waals surface area contributed by atoms with Gasteiger partial charge in [0.2, 0.25) is 0 Å². The van der Waals surface area contributed by atoms with Gasteiger partial charge >= 0.3 is 5.97 Å². The quantitative estimate of drug-likeness (QED) is 0.553. The number of rotatable bonds is 5. The van der Waals surface area contributed by atoms with Gasteiger partial charge in [-0.1, -0.05) is 11.6 Å². The molecule has 8 heteroatoms. The van der Waals surface area contributed by atoms with Crippen molar-refractivity contribution >= 4 is 35.0 Å². The minimum atomic E-state index is -1.09. The molecule has 0 radical (unpaired) electrons. The number of halogens is 1. The average Bonchev–Trinajstić information content (AvgIpc) is 2.26. The number of carboxylic acid groups (broad SMARTS) is 1. The molecule has 0 unspecified atom stereocenters. The third-order valence-corrected chi connectivity index (χ3v) is 3.49. The Kier molecular flexibility index (Phi) is 5.03.